The zero-order chi connectivity index (χ0) is 19.0. The largest absolute Gasteiger partial charge is 0.465 e. The molecule has 150 valence electrons. The fourth-order valence-electron chi connectivity index (χ4n) is 3.30. The zero-order valence-corrected chi connectivity index (χ0v) is 16.8. The van der Waals surface area contributed by atoms with E-state index in [-0.39, 0.29) is 17.9 Å². The highest BCUT2D eigenvalue weighted by atomic mass is 16.5. The summed E-state index contributed by atoms with van der Waals surface area (Å²) < 4.78 is 10.8. The average molecular weight is 367 g/mol. The standard InChI is InChI=1S/C22H38O4/c1-3-5-7-9-13-17-25-21(23)19-15-11-12-16-20(19)22(24)26-18-14-10-8-6-4-2/h11,15,19-20H,3-10,12-14,16-18H2,1-2H3. The summed E-state index contributed by atoms with van der Waals surface area (Å²) in [6, 6.07) is 0. The van der Waals surface area contributed by atoms with Gasteiger partial charge in [0.15, 0.2) is 0 Å². The van der Waals surface area contributed by atoms with Crippen molar-refractivity contribution in [2.75, 3.05) is 13.2 Å². The van der Waals surface area contributed by atoms with Crippen LogP contribution in [0.2, 0.25) is 0 Å². The minimum absolute atomic E-state index is 0.241. The van der Waals surface area contributed by atoms with Gasteiger partial charge in [-0.1, -0.05) is 77.4 Å². The fraction of sp³-hybridized carbons (Fsp3) is 0.818. The number of allylic oxidation sites excluding steroid dienone is 1. The van der Waals surface area contributed by atoms with Gasteiger partial charge in [-0.2, -0.15) is 0 Å². The lowest BCUT2D eigenvalue weighted by atomic mass is 9.84. The first-order valence-electron chi connectivity index (χ1n) is 10.7. The number of rotatable bonds is 14. The van der Waals surface area contributed by atoms with Crippen molar-refractivity contribution in [1.82, 2.24) is 0 Å². The van der Waals surface area contributed by atoms with Crippen LogP contribution in [0.5, 0.6) is 0 Å². The maximum absolute atomic E-state index is 12.4. The molecule has 0 saturated carbocycles. The molecule has 26 heavy (non-hydrogen) atoms. The molecular weight excluding hydrogens is 328 g/mol. The Balaban J connectivity index is 2.30. The topological polar surface area (TPSA) is 52.6 Å². The molecule has 0 heterocycles. The lowest BCUT2D eigenvalue weighted by Crippen LogP contribution is -2.33. The van der Waals surface area contributed by atoms with Crippen LogP contribution in [0, 0.1) is 11.8 Å². The number of esters is 2. The summed E-state index contributed by atoms with van der Waals surface area (Å²) in [6.07, 6.45) is 16.5. The van der Waals surface area contributed by atoms with Gasteiger partial charge in [-0.3, -0.25) is 9.59 Å². The Kier molecular flexibility index (Phi) is 12.9. The van der Waals surface area contributed by atoms with E-state index in [0.717, 1.165) is 32.1 Å². The number of carbonyl (C=O) groups is 2. The molecular formula is C22H38O4. The van der Waals surface area contributed by atoms with Crippen LogP contribution in [-0.2, 0) is 19.1 Å². The Labute approximate surface area is 159 Å². The van der Waals surface area contributed by atoms with E-state index in [2.05, 4.69) is 13.8 Å². The van der Waals surface area contributed by atoms with Gasteiger partial charge in [-0.25, -0.2) is 0 Å². The molecule has 0 N–H and O–H groups in total. The molecule has 0 fully saturated rings. The minimum Gasteiger partial charge on any atom is -0.465 e. The maximum Gasteiger partial charge on any atom is 0.313 e. The van der Waals surface area contributed by atoms with Crippen molar-refractivity contribution in [1.29, 1.82) is 0 Å². The van der Waals surface area contributed by atoms with Crippen molar-refractivity contribution < 1.29 is 19.1 Å². The predicted molar refractivity (Wildman–Crippen MR) is 105 cm³/mol. The molecule has 2 unspecified atom stereocenters. The fourth-order valence-corrected chi connectivity index (χ4v) is 3.30. The molecule has 0 amide bonds. The molecule has 0 spiro atoms. The molecule has 0 aromatic carbocycles. The highest BCUT2D eigenvalue weighted by molar-refractivity contribution is 5.83. The highest BCUT2D eigenvalue weighted by Crippen LogP contribution is 2.27. The van der Waals surface area contributed by atoms with Crippen molar-refractivity contribution >= 4 is 11.9 Å². The average Bonchev–Trinajstić information content (AvgIpc) is 2.67. The van der Waals surface area contributed by atoms with Crippen molar-refractivity contribution in [3.8, 4) is 0 Å². The van der Waals surface area contributed by atoms with Crippen LogP contribution in [0.4, 0.5) is 0 Å². The maximum atomic E-state index is 12.4. The summed E-state index contributed by atoms with van der Waals surface area (Å²) in [7, 11) is 0. The van der Waals surface area contributed by atoms with Gasteiger partial charge in [0.25, 0.3) is 0 Å². The molecule has 0 aliphatic heterocycles. The highest BCUT2D eigenvalue weighted by Gasteiger charge is 2.35. The van der Waals surface area contributed by atoms with Crippen LogP contribution in [0.3, 0.4) is 0 Å². The Bertz CT molecular complexity index is 416. The SMILES string of the molecule is CCCCCCCOC(=O)C1C=CCCC1C(=O)OCCCCCCC. The molecule has 0 saturated heterocycles. The number of unbranched alkanes of at least 4 members (excludes halogenated alkanes) is 8. The van der Waals surface area contributed by atoms with Crippen LogP contribution in [0.25, 0.3) is 0 Å². The zero-order valence-electron chi connectivity index (χ0n) is 16.8. The van der Waals surface area contributed by atoms with Crippen molar-refractivity contribution in [3.63, 3.8) is 0 Å². The molecule has 0 aromatic heterocycles. The lowest BCUT2D eigenvalue weighted by molar-refractivity contribution is -0.159. The molecule has 4 nitrogen and oxygen atoms in total. The van der Waals surface area contributed by atoms with E-state index in [1.165, 1.54) is 38.5 Å². The van der Waals surface area contributed by atoms with E-state index >= 15 is 0 Å². The van der Waals surface area contributed by atoms with E-state index in [4.69, 9.17) is 9.47 Å². The van der Waals surface area contributed by atoms with E-state index in [0.29, 0.717) is 19.6 Å². The number of carbonyl (C=O) groups excluding carboxylic acids is 2. The predicted octanol–water partition coefficient (Wildman–Crippen LogP) is 5.60. The molecule has 1 rings (SSSR count). The van der Waals surface area contributed by atoms with E-state index in [1.807, 2.05) is 12.2 Å². The van der Waals surface area contributed by atoms with Gasteiger partial charge in [0.2, 0.25) is 0 Å². The van der Waals surface area contributed by atoms with Crippen LogP contribution in [0.15, 0.2) is 12.2 Å². The third kappa shape index (κ3) is 9.40. The third-order valence-electron chi connectivity index (χ3n) is 4.98. The summed E-state index contributed by atoms with van der Waals surface area (Å²) in [5.74, 6) is -1.38. The van der Waals surface area contributed by atoms with E-state index < -0.39 is 5.92 Å². The quantitative estimate of drug-likeness (QED) is 0.228. The van der Waals surface area contributed by atoms with Crippen LogP contribution in [0.1, 0.15) is 90.9 Å². The van der Waals surface area contributed by atoms with Crippen molar-refractivity contribution in [2.24, 2.45) is 11.8 Å². The Morgan fingerprint density at radius 3 is 1.92 bits per heavy atom. The van der Waals surface area contributed by atoms with Gasteiger partial charge in [0.1, 0.15) is 0 Å². The van der Waals surface area contributed by atoms with Gasteiger partial charge >= 0.3 is 11.9 Å². The van der Waals surface area contributed by atoms with Gasteiger partial charge in [-0.05, 0) is 25.7 Å². The number of hydrogen-bond donors (Lipinski definition) is 0. The smallest absolute Gasteiger partial charge is 0.313 e. The minimum atomic E-state index is -0.480. The third-order valence-corrected chi connectivity index (χ3v) is 4.98. The van der Waals surface area contributed by atoms with Gasteiger partial charge < -0.3 is 9.47 Å². The molecule has 0 aromatic rings. The summed E-state index contributed by atoms with van der Waals surface area (Å²) >= 11 is 0. The second-order valence-electron chi connectivity index (χ2n) is 7.30. The van der Waals surface area contributed by atoms with Gasteiger partial charge in [0.05, 0.1) is 25.0 Å². The van der Waals surface area contributed by atoms with Gasteiger partial charge in [0, 0.05) is 0 Å². The summed E-state index contributed by atoms with van der Waals surface area (Å²) in [4.78, 5) is 24.8. The lowest BCUT2D eigenvalue weighted by Gasteiger charge is -2.24. The first kappa shape index (κ1) is 22.7. The first-order valence-corrected chi connectivity index (χ1v) is 10.7. The van der Waals surface area contributed by atoms with Crippen molar-refractivity contribution in [3.05, 3.63) is 12.2 Å². The molecule has 0 radical (unpaired) electrons. The molecule has 1 aliphatic rings. The number of ether oxygens (including phenoxy) is 2. The molecule has 4 heteroatoms. The molecule has 0 bridgehead atoms. The second-order valence-corrected chi connectivity index (χ2v) is 7.30. The van der Waals surface area contributed by atoms with Crippen molar-refractivity contribution in [2.45, 2.75) is 90.9 Å². The number of hydrogen-bond acceptors (Lipinski definition) is 4. The second kappa shape index (κ2) is 14.8. The summed E-state index contributed by atoms with van der Waals surface area (Å²) in [6.45, 7) is 5.27. The van der Waals surface area contributed by atoms with Crippen LogP contribution >= 0.6 is 0 Å². The molecule has 1 aliphatic carbocycles. The van der Waals surface area contributed by atoms with E-state index in [1.54, 1.807) is 0 Å². The van der Waals surface area contributed by atoms with Gasteiger partial charge in [-0.15, -0.1) is 0 Å². The monoisotopic (exact) mass is 366 g/mol. The van der Waals surface area contributed by atoms with Crippen LogP contribution < -0.4 is 0 Å². The molecule has 2 atom stereocenters. The Morgan fingerprint density at radius 1 is 0.808 bits per heavy atom. The summed E-state index contributed by atoms with van der Waals surface area (Å²) in [5.41, 5.74) is 0. The Morgan fingerprint density at radius 2 is 1.35 bits per heavy atom. The first-order chi connectivity index (χ1) is 12.7. The van der Waals surface area contributed by atoms with E-state index in [9.17, 15) is 9.59 Å². The van der Waals surface area contributed by atoms with Crippen LogP contribution in [-0.4, -0.2) is 25.2 Å². The normalized spacial score (nSPS) is 19.3. The summed E-state index contributed by atoms with van der Waals surface area (Å²) in [5, 5.41) is 0. The Hall–Kier alpha value is -1.32.